The fourth-order valence-corrected chi connectivity index (χ4v) is 8.68. The highest BCUT2D eigenvalue weighted by molar-refractivity contribution is 7.93. The van der Waals surface area contributed by atoms with Crippen LogP contribution in [-0.2, 0) is 9.36 Å². The number of nitrogens with zero attached hydrogens (tertiary/aromatic N) is 2. The minimum absolute atomic E-state index is 0.00900. The number of hydrogen-bond acceptors (Lipinski definition) is 6. The number of ketones is 1. The van der Waals surface area contributed by atoms with Gasteiger partial charge in [0.2, 0.25) is 18.6 Å². The molecule has 3 aromatic carbocycles. The molecule has 0 bridgehead atoms. The van der Waals surface area contributed by atoms with E-state index in [-0.39, 0.29) is 18.1 Å². The van der Waals surface area contributed by atoms with Crippen molar-refractivity contribution in [2.45, 2.75) is 53.0 Å². The van der Waals surface area contributed by atoms with Crippen LogP contribution in [0.25, 0.3) is 0 Å². The van der Waals surface area contributed by atoms with Gasteiger partial charge >= 0.3 is 0 Å². The Kier molecular flexibility index (Phi) is 10.9. The quantitative estimate of drug-likeness (QED) is 0.181. The van der Waals surface area contributed by atoms with Gasteiger partial charge in [-0.05, 0) is 50.9 Å². The van der Waals surface area contributed by atoms with Crippen molar-refractivity contribution < 1.29 is 18.9 Å². The third kappa shape index (κ3) is 7.06. The molecule has 0 aromatic heterocycles. The van der Waals surface area contributed by atoms with E-state index in [4.69, 9.17) is 0 Å². The lowest BCUT2D eigenvalue weighted by Gasteiger charge is -2.37. The van der Waals surface area contributed by atoms with Crippen LogP contribution < -0.4 is 15.9 Å². The highest BCUT2D eigenvalue weighted by Crippen LogP contribution is 2.48. The zero-order valence-electron chi connectivity index (χ0n) is 26.1. The number of carbonyl (C=O) groups is 3. The van der Waals surface area contributed by atoms with E-state index < -0.39 is 18.7 Å². The van der Waals surface area contributed by atoms with Crippen molar-refractivity contribution in [2.24, 2.45) is 0 Å². The average Bonchev–Trinajstić information content (AvgIpc) is 3.00. The lowest BCUT2D eigenvalue weighted by molar-refractivity contribution is -0.127. The second-order valence-corrected chi connectivity index (χ2v) is 14.3. The highest BCUT2D eigenvalue weighted by atomic mass is 31.2. The van der Waals surface area contributed by atoms with Crippen molar-refractivity contribution in [3.63, 3.8) is 0 Å². The number of hydrogen-bond donors (Lipinski definition) is 1. The molecule has 43 heavy (non-hydrogen) atoms. The topological polar surface area (TPSA) is 86.8 Å². The SMILES string of the molecule is CCCCNC(=O)C(CC(=O)c1c(C)cc(C)c(C(=O)P(=O)(c2ccccc2)c2ccccc2)c1C)N1CCN(C)CC1. The van der Waals surface area contributed by atoms with Gasteiger partial charge in [-0.15, -0.1) is 0 Å². The third-order valence-corrected chi connectivity index (χ3v) is 11.3. The number of rotatable bonds is 12. The Balaban J connectivity index is 1.75. The molecule has 4 rings (SSSR count). The van der Waals surface area contributed by atoms with E-state index in [9.17, 15) is 18.9 Å². The Bertz CT molecular complexity index is 1450. The molecule has 8 heteroatoms. The molecule has 0 saturated carbocycles. The summed E-state index contributed by atoms with van der Waals surface area (Å²) in [6.07, 6.45) is 1.85. The van der Waals surface area contributed by atoms with E-state index in [1.165, 1.54) is 0 Å². The van der Waals surface area contributed by atoms with Crippen LogP contribution >= 0.6 is 7.14 Å². The standard InChI is InChI=1S/C35H44N3O4P/c1-6-7-18-36-34(40)30(38-21-19-37(5)20-22-38)24-31(39)32-25(2)23-26(3)33(27(32)4)35(41)43(42,28-14-10-8-11-15-28)29-16-12-9-13-17-29/h8-17,23,30H,6-7,18-22,24H2,1-5H3,(H,36,40). The molecular weight excluding hydrogens is 557 g/mol. The summed E-state index contributed by atoms with van der Waals surface area (Å²) in [6.45, 7) is 11.1. The third-order valence-electron chi connectivity index (χ3n) is 8.48. The summed E-state index contributed by atoms with van der Waals surface area (Å²) < 4.78 is 14.9. The Morgan fingerprint density at radius 3 is 1.91 bits per heavy atom. The molecule has 7 nitrogen and oxygen atoms in total. The number of nitrogens with one attached hydrogen (secondary N) is 1. The summed E-state index contributed by atoms with van der Waals surface area (Å²) in [7, 11) is -1.71. The zero-order valence-corrected chi connectivity index (χ0v) is 27.0. The van der Waals surface area contributed by atoms with E-state index in [1.807, 2.05) is 32.0 Å². The predicted octanol–water partition coefficient (Wildman–Crippen LogP) is 4.87. The Labute approximate surface area is 256 Å². The van der Waals surface area contributed by atoms with Crippen molar-refractivity contribution in [1.82, 2.24) is 15.1 Å². The fourth-order valence-electron chi connectivity index (χ4n) is 6.07. The Morgan fingerprint density at radius 2 is 1.37 bits per heavy atom. The molecule has 1 unspecified atom stereocenters. The maximum atomic E-state index is 14.9. The molecule has 228 valence electrons. The first-order chi connectivity index (χ1) is 20.6. The first kappa shape index (κ1) is 32.5. The van der Waals surface area contributed by atoms with E-state index >= 15 is 0 Å². The molecule has 1 atom stereocenters. The van der Waals surface area contributed by atoms with Crippen LogP contribution in [0.3, 0.4) is 0 Å². The van der Waals surface area contributed by atoms with E-state index in [1.54, 1.807) is 55.5 Å². The Hall–Kier alpha value is -3.38. The van der Waals surface area contributed by atoms with Crippen molar-refractivity contribution in [2.75, 3.05) is 39.8 Å². The monoisotopic (exact) mass is 601 g/mol. The molecule has 1 N–H and O–H groups in total. The fraction of sp³-hybridized carbons (Fsp3) is 0.400. The molecule has 1 saturated heterocycles. The van der Waals surface area contributed by atoms with Gasteiger partial charge in [0.1, 0.15) is 0 Å². The minimum atomic E-state index is -3.77. The van der Waals surface area contributed by atoms with Gasteiger partial charge in [0.25, 0.3) is 0 Å². The predicted molar refractivity (Wildman–Crippen MR) is 174 cm³/mol. The van der Waals surface area contributed by atoms with Crippen molar-refractivity contribution in [1.29, 1.82) is 0 Å². The van der Waals surface area contributed by atoms with Gasteiger partial charge in [-0.3, -0.25) is 19.3 Å². The van der Waals surface area contributed by atoms with Gasteiger partial charge in [0, 0.05) is 60.9 Å². The number of aryl methyl sites for hydroxylation is 2. The maximum Gasteiger partial charge on any atom is 0.237 e. The molecule has 0 aliphatic carbocycles. The number of Topliss-reactive ketones (excluding diaryl/α,β-unsaturated/α-hetero) is 1. The summed E-state index contributed by atoms with van der Waals surface area (Å²) in [5.74, 6) is -0.324. The second-order valence-electron chi connectivity index (χ2n) is 11.6. The summed E-state index contributed by atoms with van der Waals surface area (Å²) in [4.78, 5) is 46.3. The Morgan fingerprint density at radius 1 is 0.837 bits per heavy atom. The number of carbonyl (C=O) groups excluding carboxylic acids is 3. The van der Waals surface area contributed by atoms with Crippen LogP contribution in [0, 0.1) is 20.8 Å². The zero-order chi connectivity index (χ0) is 31.1. The van der Waals surface area contributed by atoms with Crippen LogP contribution in [0.15, 0.2) is 66.7 Å². The maximum absolute atomic E-state index is 14.9. The molecule has 1 heterocycles. The van der Waals surface area contributed by atoms with Gasteiger partial charge in [-0.25, -0.2) is 0 Å². The van der Waals surface area contributed by atoms with Crippen LogP contribution in [0.4, 0.5) is 0 Å². The number of likely N-dealkylation sites (N-methyl/N-ethyl adjacent to an activating group) is 1. The van der Waals surface area contributed by atoms with Gasteiger partial charge in [-0.2, -0.15) is 0 Å². The van der Waals surface area contributed by atoms with Gasteiger partial charge in [0.05, 0.1) is 6.04 Å². The first-order valence-corrected chi connectivity index (χ1v) is 16.9. The van der Waals surface area contributed by atoms with Crippen LogP contribution in [0.1, 0.15) is 63.6 Å². The molecule has 1 aliphatic heterocycles. The van der Waals surface area contributed by atoms with Gasteiger partial charge in [0.15, 0.2) is 5.78 Å². The summed E-state index contributed by atoms with van der Waals surface area (Å²) in [6, 6.07) is 19.0. The molecule has 0 radical (unpaired) electrons. The van der Waals surface area contributed by atoms with E-state index in [0.717, 1.165) is 31.5 Å². The molecule has 1 fully saturated rings. The molecule has 1 amide bonds. The van der Waals surface area contributed by atoms with Crippen molar-refractivity contribution in [3.05, 3.63) is 94.5 Å². The highest BCUT2D eigenvalue weighted by Gasteiger charge is 2.39. The number of amides is 1. The van der Waals surface area contributed by atoms with Gasteiger partial charge < -0.3 is 14.8 Å². The second kappa shape index (κ2) is 14.4. The number of piperazine rings is 1. The molecule has 3 aromatic rings. The van der Waals surface area contributed by atoms with Gasteiger partial charge in [-0.1, -0.05) is 80.1 Å². The van der Waals surface area contributed by atoms with Crippen LogP contribution in [0.5, 0.6) is 0 Å². The lowest BCUT2D eigenvalue weighted by Crippen LogP contribution is -2.55. The van der Waals surface area contributed by atoms with Crippen LogP contribution in [-0.4, -0.2) is 72.8 Å². The molecule has 0 spiro atoms. The molecular formula is C35H44N3O4P. The smallest absolute Gasteiger partial charge is 0.237 e. The number of unbranched alkanes of at least 4 members (excludes halogenated alkanes) is 1. The van der Waals surface area contributed by atoms with E-state index in [2.05, 4.69) is 29.1 Å². The largest absolute Gasteiger partial charge is 0.355 e. The minimum Gasteiger partial charge on any atom is -0.355 e. The number of benzene rings is 3. The van der Waals surface area contributed by atoms with Crippen LogP contribution in [0.2, 0.25) is 0 Å². The summed E-state index contributed by atoms with van der Waals surface area (Å²) in [5.41, 5.74) is 2.20. The first-order valence-electron chi connectivity index (χ1n) is 15.2. The average molecular weight is 602 g/mol. The summed E-state index contributed by atoms with van der Waals surface area (Å²) >= 11 is 0. The summed E-state index contributed by atoms with van der Waals surface area (Å²) in [5, 5.41) is 3.95. The lowest BCUT2D eigenvalue weighted by atomic mass is 9.89. The van der Waals surface area contributed by atoms with E-state index in [0.29, 0.717) is 52.5 Å². The normalized spacial score (nSPS) is 15.2. The molecule has 1 aliphatic rings. The van der Waals surface area contributed by atoms with Crippen molar-refractivity contribution in [3.8, 4) is 0 Å². The van der Waals surface area contributed by atoms with Crippen molar-refractivity contribution >= 4 is 35.0 Å².